The highest BCUT2D eigenvalue weighted by Gasteiger charge is 2.25. The fourth-order valence-electron chi connectivity index (χ4n) is 3.75. The van der Waals surface area contributed by atoms with Crippen LogP contribution in [0.1, 0.15) is 36.0 Å². The molecule has 1 fully saturated rings. The number of rotatable bonds is 6. The van der Waals surface area contributed by atoms with Crippen LogP contribution in [0, 0.1) is 0 Å². The zero-order chi connectivity index (χ0) is 18.5. The normalized spacial score (nSPS) is 18.3. The van der Waals surface area contributed by atoms with Gasteiger partial charge < -0.3 is 9.13 Å². The maximum Gasteiger partial charge on any atom is 0.152 e. The summed E-state index contributed by atoms with van der Waals surface area (Å²) in [7, 11) is 2.08. The lowest BCUT2D eigenvalue weighted by molar-refractivity contribution is 0.222. The van der Waals surface area contributed by atoms with Gasteiger partial charge >= 0.3 is 0 Å². The second-order valence-corrected chi connectivity index (χ2v) is 7.18. The lowest BCUT2D eigenvalue weighted by Gasteiger charge is -2.31. The second-order valence-electron chi connectivity index (χ2n) is 7.18. The van der Waals surface area contributed by atoms with Crippen molar-refractivity contribution in [2.45, 2.75) is 25.3 Å². The van der Waals surface area contributed by atoms with Crippen molar-refractivity contribution in [1.82, 2.24) is 29.2 Å². The van der Waals surface area contributed by atoms with Crippen LogP contribution in [-0.4, -0.2) is 48.8 Å². The van der Waals surface area contributed by atoms with E-state index < -0.39 is 0 Å². The van der Waals surface area contributed by atoms with E-state index in [-0.39, 0.29) is 0 Å². The summed E-state index contributed by atoms with van der Waals surface area (Å²) in [6, 6.07) is 10.5. The number of hydrogen-bond donors (Lipinski definition) is 0. The minimum absolute atomic E-state index is 0.443. The van der Waals surface area contributed by atoms with Gasteiger partial charge in [0, 0.05) is 38.4 Å². The number of imidazole rings is 1. The molecule has 1 unspecified atom stereocenters. The Morgan fingerprint density at radius 2 is 2.07 bits per heavy atom. The van der Waals surface area contributed by atoms with Crippen molar-refractivity contribution in [2.24, 2.45) is 7.05 Å². The molecule has 0 saturated carbocycles. The number of piperidine rings is 1. The predicted molar refractivity (Wildman–Crippen MR) is 106 cm³/mol. The van der Waals surface area contributed by atoms with E-state index in [9.17, 15) is 0 Å². The summed E-state index contributed by atoms with van der Waals surface area (Å²) in [4.78, 5) is 6.61. The van der Waals surface area contributed by atoms with Gasteiger partial charge in [-0.15, -0.1) is 10.2 Å². The number of likely N-dealkylation sites (tertiary alicyclic amines) is 1. The van der Waals surface area contributed by atoms with Crippen LogP contribution in [0.2, 0.25) is 0 Å². The molecular formula is C21H26N6. The highest BCUT2D eigenvalue weighted by Crippen LogP contribution is 2.25. The fourth-order valence-corrected chi connectivity index (χ4v) is 3.75. The Kier molecular flexibility index (Phi) is 5.44. The number of hydrogen-bond acceptors (Lipinski definition) is 4. The molecule has 3 heterocycles. The Bertz CT molecular complexity index is 865. The van der Waals surface area contributed by atoms with E-state index in [1.165, 1.54) is 18.4 Å². The molecule has 2 aromatic heterocycles. The molecule has 0 aliphatic carbocycles. The van der Waals surface area contributed by atoms with Crippen molar-refractivity contribution >= 4 is 6.08 Å². The topological polar surface area (TPSA) is 51.8 Å². The highest BCUT2D eigenvalue weighted by atomic mass is 15.3. The summed E-state index contributed by atoms with van der Waals surface area (Å²) >= 11 is 0. The number of nitrogens with zero attached hydrogens (tertiary/aromatic N) is 6. The lowest BCUT2D eigenvalue weighted by atomic mass is 9.97. The van der Waals surface area contributed by atoms with Gasteiger partial charge in [0.15, 0.2) is 5.82 Å². The van der Waals surface area contributed by atoms with Gasteiger partial charge in [0.1, 0.15) is 5.82 Å². The van der Waals surface area contributed by atoms with Gasteiger partial charge in [-0.25, -0.2) is 4.98 Å². The van der Waals surface area contributed by atoms with E-state index in [1.807, 2.05) is 17.1 Å². The SMILES string of the molecule is Cn1c(Cn2ccnc2)nnc1C1CCCN(CC=Cc2ccccc2)C1. The summed E-state index contributed by atoms with van der Waals surface area (Å²) in [6.45, 7) is 3.87. The van der Waals surface area contributed by atoms with Crippen molar-refractivity contribution in [3.05, 3.63) is 72.3 Å². The van der Waals surface area contributed by atoms with E-state index in [1.54, 1.807) is 6.20 Å². The minimum atomic E-state index is 0.443. The van der Waals surface area contributed by atoms with Crippen LogP contribution >= 0.6 is 0 Å². The molecule has 6 heteroatoms. The Labute approximate surface area is 160 Å². The van der Waals surface area contributed by atoms with Crippen molar-refractivity contribution in [2.75, 3.05) is 19.6 Å². The smallest absolute Gasteiger partial charge is 0.152 e. The molecule has 0 radical (unpaired) electrons. The van der Waals surface area contributed by atoms with Gasteiger partial charge in [0.25, 0.3) is 0 Å². The van der Waals surface area contributed by atoms with Gasteiger partial charge in [-0.3, -0.25) is 4.90 Å². The van der Waals surface area contributed by atoms with Crippen LogP contribution in [0.25, 0.3) is 6.08 Å². The first kappa shape index (κ1) is 17.7. The molecule has 0 bridgehead atoms. The van der Waals surface area contributed by atoms with Crippen LogP contribution in [0.5, 0.6) is 0 Å². The Hall–Kier alpha value is -2.73. The van der Waals surface area contributed by atoms with Gasteiger partial charge in [-0.05, 0) is 24.9 Å². The Morgan fingerprint density at radius 1 is 1.19 bits per heavy atom. The van der Waals surface area contributed by atoms with Crippen molar-refractivity contribution in [3.8, 4) is 0 Å². The van der Waals surface area contributed by atoms with Gasteiger partial charge in [-0.1, -0.05) is 42.5 Å². The molecular weight excluding hydrogens is 336 g/mol. The third kappa shape index (κ3) is 4.34. The van der Waals surface area contributed by atoms with Crippen LogP contribution in [0.15, 0.2) is 55.1 Å². The van der Waals surface area contributed by atoms with Crippen molar-refractivity contribution in [3.63, 3.8) is 0 Å². The average molecular weight is 362 g/mol. The van der Waals surface area contributed by atoms with E-state index >= 15 is 0 Å². The third-order valence-corrected chi connectivity index (χ3v) is 5.23. The van der Waals surface area contributed by atoms with Crippen molar-refractivity contribution in [1.29, 1.82) is 0 Å². The van der Waals surface area contributed by atoms with E-state index in [0.717, 1.165) is 31.3 Å². The van der Waals surface area contributed by atoms with Crippen LogP contribution in [0.4, 0.5) is 0 Å². The Balaban J connectivity index is 1.38. The highest BCUT2D eigenvalue weighted by molar-refractivity contribution is 5.48. The maximum atomic E-state index is 4.52. The standard InChI is InChI=1S/C21H26N6/c1-25-20(16-27-14-11-22-17-27)23-24-21(25)19-10-6-13-26(15-19)12-5-9-18-7-3-2-4-8-18/h2-5,7-9,11,14,17,19H,6,10,12-13,15-16H2,1H3. The molecule has 27 heavy (non-hydrogen) atoms. The molecule has 1 aliphatic rings. The molecule has 1 aromatic carbocycles. The largest absolute Gasteiger partial charge is 0.330 e. The first-order valence-electron chi connectivity index (χ1n) is 9.57. The van der Waals surface area contributed by atoms with Crippen LogP contribution < -0.4 is 0 Å². The molecule has 1 atom stereocenters. The minimum Gasteiger partial charge on any atom is -0.330 e. The van der Waals surface area contributed by atoms with E-state index in [2.05, 4.69) is 74.2 Å². The molecule has 6 nitrogen and oxygen atoms in total. The zero-order valence-corrected chi connectivity index (χ0v) is 15.8. The molecule has 3 aromatic rings. The first-order chi connectivity index (χ1) is 13.3. The molecule has 0 N–H and O–H groups in total. The molecule has 1 aliphatic heterocycles. The van der Waals surface area contributed by atoms with Crippen LogP contribution in [-0.2, 0) is 13.6 Å². The van der Waals surface area contributed by atoms with E-state index in [0.29, 0.717) is 12.5 Å². The Morgan fingerprint density at radius 3 is 2.89 bits per heavy atom. The number of aromatic nitrogens is 5. The molecule has 1 saturated heterocycles. The average Bonchev–Trinajstić information content (AvgIpc) is 3.34. The molecule has 0 spiro atoms. The maximum absolute atomic E-state index is 4.52. The predicted octanol–water partition coefficient (Wildman–Crippen LogP) is 2.95. The quantitative estimate of drug-likeness (QED) is 0.676. The van der Waals surface area contributed by atoms with E-state index in [4.69, 9.17) is 0 Å². The van der Waals surface area contributed by atoms with Gasteiger partial charge in [0.2, 0.25) is 0 Å². The lowest BCUT2D eigenvalue weighted by Crippen LogP contribution is -2.35. The summed E-state index contributed by atoms with van der Waals surface area (Å²) in [5.74, 6) is 2.52. The van der Waals surface area contributed by atoms with Gasteiger partial charge in [0.05, 0.1) is 12.9 Å². The summed E-state index contributed by atoms with van der Waals surface area (Å²) in [5.41, 5.74) is 1.25. The van der Waals surface area contributed by atoms with Crippen LogP contribution in [0.3, 0.4) is 0 Å². The zero-order valence-electron chi connectivity index (χ0n) is 15.8. The molecule has 4 rings (SSSR count). The third-order valence-electron chi connectivity index (χ3n) is 5.23. The summed E-state index contributed by atoms with van der Waals surface area (Å²) in [5, 5.41) is 8.94. The monoisotopic (exact) mass is 362 g/mol. The summed E-state index contributed by atoms with van der Waals surface area (Å²) < 4.78 is 4.18. The summed E-state index contributed by atoms with van der Waals surface area (Å²) in [6.07, 6.45) is 12.4. The fraction of sp³-hybridized carbons (Fsp3) is 0.381. The first-order valence-corrected chi connectivity index (χ1v) is 9.57. The van der Waals surface area contributed by atoms with Gasteiger partial charge in [-0.2, -0.15) is 0 Å². The number of benzene rings is 1. The van der Waals surface area contributed by atoms with Crippen molar-refractivity contribution < 1.29 is 0 Å². The molecule has 140 valence electrons. The second kappa shape index (κ2) is 8.31. The molecule has 0 amide bonds.